The van der Waals surface area contributed by atoms with E-state index >= 15 is 0 Å². The van der Waals surface area contributed by atoms with E-state index < -0.39 is 23.2 Å². The molecule has 0 aliphatic carbocycles. The van der Waals surface area contributed by atoms with Crippen molar-refractivity contribution in [2.75, 3.05) is 24.0 Å². The summed E-state index contributed by atoms with van der Waals surface area (Å²) >= 11 is 0. The van der Waals surface area contributed by atoms with Gasteiger partial charge in [0.05, 0.1) is 13.2 Å². The molecule has 198 valence electrons. The second-order valence-electron chi connectivity index (χ2n) is 8.26. The second-order valence-corrected chi connectivity index (χ2v) is 9.98. The van der Waals surface area contributed by atoms with Crippen LogP contribution in [0.3, 0.4) is 0 Å². The van der Waals surface area contributed by atoms with Crippen LogP contribution < -0.4 is 14.3 Å². The number of aromatic hydroxyl groups is 2. The van der Waals surface area contributed by atoms with Gasteiger partial charge in [0, 0.05) is 19.6 Å². The van der Waals surface area contributed by atoms with Crippen molar-refractivity contribution in [3.8, 4) is 11.5 Å². The Morgan fingerprint density at radius 3 is 2.58 bits per heavy atom. The van der Waals surface area contributed by atoms with Crippen molar-refractivity contribution < 1.29 is 43.9 Å². The standard InChI is InChI=1S/C23H31N3O9S/c27-18-5-3-4-16(22(18)23(31)32)14-35-11-2-1-10-24-20(29)9-7-15-6-8-17(19(28)12-15)26-13-21(30)25-36(26,33)34/h3-6,8,12,21,25,27-28,30,33-34H,1-2,7,9-11,13-14H2,(H,24,29)(H,31,32). The molecule has 1 amide bonds. The number of hydrogen-bond donors (Lipinski definition) is 8. The van der Waals surface area contributed by atoms with Crippen molar-refractivity contribution in [3.63, 3.8) is 0 Å². The SMILES string of the molecule is O=C(CCc1ccc(N2CC(O)NS2(O)O)c(O)c1)NCCCCOCc1cccc(O)c1C(=O)O. The fourth-order valence-corrected chi connectivity index (χ4v) is 5.10. The lowest BCUT2D eigenvalue weighted by Crippen LogP contribution is -2.25. The summed E-state index contributed by atoms with van der Waals surface area (Å²) in [5.41, 5.74) is 1.07. The third-order valence-corrected chi connectivity index (χ3v) is 7.08. The lowest BCUT2D eigenvalue weighted by atomic mass is 10.1. The Morgan fingerprint density at radius 1 is 1.14 bits per heavy atom. The third-order valence-electron chi connectivity index (χ3n) is 5.53. The van der Waals surface area contributed by atoms with Crippen LogP contribution in [0.4, 0.5) is 5.69 Å². The molecular formula is C23H31N3O9S. The number of hydrogen-bond acceptors (Lipinski definition) is 10. The molecule has 2 aromatic carbocycles. The predicted octanol–water partition coefficient (Wildman–Crippen LogP) is 2.15. The number of carbonyl (C=O) groups excluding carboxylic acids is 1. The number of β-amino-alcohol motifs (C(OH)–C–C–N with tert-alkyl or cyclic N) is 1. The Balaban J connectivity index is 1.33. The van der Waals surface area contributed by atoms with E-state index in [1.165, 1.54) is 18.2 Å². The van der Waals surface area contributed by atoms with Gasteiger partial charge in [-0.15, -0.1) is 0 Å². The molecule has 36 heavy (non-hydrogen) atoms. The Bertz CT molecular complexity index is 1080. The van der Waals surface area contributed by atoms with Gasteiger partial charge in [-0.05, 0) is 48.6 Å². The van der Waals surface area contributed by atoms with Gasteiger partial charge in [-0.25, -0.2) is 4.79 Å². The number of unbranched alkanes of at least 4 members (excludes halogenated alkanes) is 1. The van der Waals surface area contributed by atoms with E-state index in [4.69, 9.17) is 4.74 Å². The molecule has 2 aromatic rings. The van der Waals surface area contributed by atoms with E-state index in [9.17, 15) is 39.1 Å². The van der Waals surface area contributed by atoms with Crippen LogP contribution in [0.2, 0.25) is 0 Å². The first kappa shape index (κ1) is 27.5. The van der Waals surface area contributed by atoms with Crippen LogP contribution in [0.1, 0.15) is 40.7 Å². The Kier molecular flexibility index (Phi) is 9.37. The number of phenols is 2. The van der Waals surface area contributed by atoms with E-state index in [1.54, 1.807) is 18.2 Å². The molecule has 1 heterocycles. The maximum atomic E-state index is 12.1. The van der Waals surface area contributed by atoms with E-state index in [0.717, 1.165) is 4.31 Å². The first-order chi connectivity index (χ1) is 17.1. The highest BCUT2D eigenvalue weighted by Crippen LogP contribution is 2.49. The molecule has 8 N–H and O–H groups in total. The number of rotatable bonds is 12. The fraction of sp³-hybridized carbons (Fsp3) is 0.391. The molecule has 12 nitrogen and oxygen atoms in total. The average molecular weight is 526 g/mol. The summed E-state index contributed by atoms with van der Waals surface area (Å²) in [5, 5.41) is 41.6. The number of aliphatic hydroxyl groups is 1. The number of amides is 1. The number of aryl methyl sites for hydroxylation is 1. The molecule has 3 rings (SSSR count). The fourth-order valence-electron chi connectivity index (χ4n) is 3.75. The number of aliphatic hydroxyl groups excluding tert-OH is 1. The zero-order valence-electron chi connectivity index (χ0n) is 19.5. The maximum Gasteiger partial charge on any atom is 0.339 e. The summed E-state index contributed by atoms with van der Waals surface area (Å²) in [6.07, 6.45) is 0.748. The number of anilines is 1. The van der Waals surface area contributed by atoms with Crippen molar-refractivity contribution in [3.05, 3.63) is 53.1 Å². The number of aromatic carboxylic acids is 1. The number of carbonyl (C=O) groups is 2. The molecule has 1 aliphatic rings. The third kappa shape index (κ3) is 7.22. The summed E-state index contributed by atoms with van der Waals surface area (Å²) in [6, 6.07) is 9.07. The minimum Gasteiger partial charge on any atom is -0.507 e. The van der Waals surface area contributed by atoms with E-state index in [-0.39, 0.29) is 48.2 Å². The van der Waals surface area contributed by atoms with Crippen molar-refractivity contribution in [2.24, 2.45) is 0 Å². The number of carboxylic acids is 1. The van der Waals surface area contributed by atoms with E-state index in [0.29, 0.717) is 43.5 Å². The van der Waals surface area contributed by atoms with Crippen molar-refractivity contribution in [1.29, 1.82) is 0 Å². The second kappa shape index (κ2) is 12.3. The highest BCUT2D eigenvalue weighted by molar-refractivity contribution is 8.24. The molecule has 1 atom stereocenters. The van der Waals surface area contributed by atoms with Crippen LogP contribution in [0.5, 0.6) is 11.5 Å². The largest absolute Gasteiger partial charge is 0.507 e. The first-order valence-electron chi connectivity index (χ1n) is 11.3. The zero-order valence-corrected chi connectivity index (χ0v) is 20.3. The zero-order chi connectivity index (χ0) is 26.3. The number of nitrogens with zero attached hydrogens (tertiary/aromatic N) is 1. The average Bonchev–Trinajstić information content (AvgIpc) is 3.08. The summed E-state index contributed by atoms with van der Waals surface area (Å²) < 4.78 is 28.8. The Morgan fingerprint density at radius 2 is 1.92 bits per heavy atom. The van der Waals surface area contributed by atoms with Gasteiger partial charge >= 0.3 is 5.97 Å². The highest BCUT2D eigenvalue weighted by atomic mass is 32.3. The van der Waals surface area contributed by atoms with Crippen LogP contribution >= 0.6 is 11.0 Å². The highest BCUT2D eigenvalue weighted by Gasteiger charge is 2.36. The predicted molar refractivity (Wildman–Crippen MR) is 133 cm³/mol. The van der Waals surface area contributed by atoms with E-state index in [1.807, 2.05) is 0 Å². The molecule has 1 fully saturated rings. The van der Waals surface area contributed by atoms with Gasteiger partial charge in [0.15, 0.2) is 0 Å². The normalized spacial score (nSPS) is 17.6. The number of carboxylic acid groups (broad SMARTS) is 1. The Hall–Kier alpha value is -3.07. The van der Waals surface area contributed by atoms with Crippen molar-refractivity contribution in [1.82, 2.24) is 10.0 Å². The number of ether oxygens (including phenoxy) is 1. The quantitative estimate of drug-likeness (QED) is 0.189. The van der Waals surface area contributed by atoms with Crippen LogP contribution in [0.25, 0.3) is 0 Å². The topological polar surface area (TPSA) is 192 Å². The lowest BCUT2D eigenvalue weighted by molar-refractivity contribution is -0.121. The number of phenolic OH excluding ortho intramolecular Hbond substituents is 1. The lowest BCUT2D eigenvalue weighted by Gasteiger charge is -2.36. The van der Waals surface area contributed by atoms with Crippen LogP contribution in [0.15, 0.2) is 36.4 Å². The molecule has 0 saturated carbocycles. The van der Waals surface area contributed by atoms with Gasteiger partial charge in [0.1, 0.15) is 29.0 Å². The molecule has 1 unspecified atom stereocenters. The smallest absolute Gasteiger partial charge is 0.339 e. The molecule has 0 bridgehead atoms. The monoisotopic (exact) mass is 525 g/mol. The Labute approximate surface area is 209 Å². The molecular weight excluding hydrogens is 494 g/mol. The van der Waals surface area contributed by atoms with Crippen LogP contribution in [-0.4, -0.2) is 67.3 Å². The summed E-state index contributed by atoms with van der Waals surface area (Å²) in [4.78, 5) is 23.4. The van der Waals surface area contributed by atoms with Gasteiger partial charge in [-0.1, -0.05) is 29.2 Å². The summed E-state index contributed by atoms with van der Waals surface area (Å²) in [6.45, 7) is 0.773. The van der Waals surface area contributed by atoms with E-state index in [2.05, 4.69) is 10.0 Å². The minimum absolute atomic E-state index is 0.0573. The van der Waals surface area contributed by atoms with Gasteiger partial charge in [-0.3, -0.25) is 18.2 Å². The first-order valence-corrected chi connectivity index (χ1v) is 12.8. The summed E-state index contributed by atoms with van der Waals surface area (Å²) in [5.74, 6) is -1.88. The van der Waals surface area contributed by atoms with Gasteiger partial charge in [0.25, 0.3) is 0 Å². The summed E-state index contributed by atoms with van der Waals surface area (Å²) in [7, 11) is -3.42. The van der Waals surface area contributed by atoms with Crippen molar-refractivity contribution in [2.45, 2.75) is 38.5 Å². The number of nitrogens with one attached hydrogen (secondary N) is 2. The van der Waals surface area contributed by atoms with Crippen LogP contribution in [0, 0.1) is 0 Å². The van der Waals surface area contributed by atoms with Gasteiger partial charge in [0.2, 0.25) is 5.91 Å². The molecule has 1 aliphatic heterocycles. The minimum atomic E-state index is -3.42. The maximum absolute atomic E-state index is 12.1. The molecule has 0 spiro atoms. The van der Waals surface area contributed by atoms with Crippen LogP contribution in [-0.2, 0) is 22.6 Å². The molecule has 1 saturated heterocycles. The number of benzene rings is 2. The van der Waals surface area contributed by atoms with Gasteiger partial charge < -0.3 is 30.5 Å². The molecule has 0 radical (unpaired) electrons. The van der Waals surface area contributed by atoms with Gasteiger partial charge in [-0.2, -0.15) is 4.72 Å². The van der Waals surface area contributed by atoms with Crippen molar-refractivity contribution >= 4 is 28.5 Å². The molecule has 13 heteroatoms. The molecule has 0 aromatic heterocycles.